The van der Waals surface area contributed by atoms with E-state index in [2.05, 4.69) is 18.7 Å². The van der Waals surface area contributed by atoms with Gasteiger partial charge in [-0.1, -0.05) is 26.0 Å². The number of phenols is 1. The number of aromatic hydroxyl groups is 1. The third-order valence-corrected chi connectivity index (χ3v) is 5.04. The summed E-state index contributed by atoms with van der Waals surface area (Å²) >= 11 is 0. The summed E-state index contributed by atoms with van der Waals surface area (Å²) in [7, 11) is 0. The van der Waals surface area contributed by atoms with Gasteiger partial charge in [0.05, 0.1) is 0 Å². The number of nitrogens with zero attached hydrogens (tertiary/aromatic N) is 1. The first-order chi connectivity index (χ1) is 9.62. The van der Waals surface area contributed by atoms with E-state index >= 15 is 0 Å². The van der Waals surface area contributed by atoms with Crippen LogP contribution in [-0.4, -0.2) is 34.7 Å². The van der Waals surface area contributed by atoms with Crippen LogP contribution < -0.4 is 5.73 Å². The number of benzene rings is 1. The minimum atomic E-state index is 0.119. The molecule has 1 aromatic rings. The van der Waals surface area contributed by atoms with E-state index in [0.29, 0.717) is 5.75 Å². The van der Waals surface area contributed by atoms with Crippen molar-refractivity contribution in [1.29, 1.82) is 0 Å². The SMILES string of the molecule is CCC(CC)(C(N)Cc1ccc(O)cc1)N1CCCC1. The van der Waals surface area contributed by atoms with Crippen LogP contribution in [0.15, 0.2) is 24.3 Å². The van der Waals surface area contributed by atoms with Gasteiger partial charge in [-0.3, -0.25) is 4.90 Å². The molecule has 1 atom stereocenters. The smallest absolute Gasteiger partial charge is 0.115 e. The van der Waals surface area contributed by atoms with Crippen LogP contribution in [0.1, 0.15) is 45.1 Å². The van der Waals surface area contributed by atoms with Crippen molar-refractivity contribution in [1.82, 2.24) is 4.90 Å². The van der Waals surface area contributed by atoms with Crippen LogP contribution in [0.2, 0.25) is 0 Å². The van der Waals surface area contributed by atoms with Crippen molar-refractivity contribution >= 4 is 0 Å². The highest BCUT2D eigenvalue weighted by Crippen LogP contribution is 2.32. The molecule has 1 saturated heterocycles. The first-order valence-corrected chi connectivity index (χ1v) is 7.91. The van der Waals surface area contributed by atoms with E-state index in [4.69, 9.17) is 5.73 Å². The summed E-state index contributed by atoms with van der Waals surface area (Å²) in [5.41, 5.74) is 7.95. The average molecular weight is 276 g/mol. The van der Waals surface area contributed by atoms with E-state index in [1.807, 2.05) is 12.1 Å². The number of hydrogen-bond acceptors (Lipinski definition) is 3. The number of phenolic OH excluding ortho intramolecular Hbond substituents is 1. The third-order valence-electron chi connectivity index (χ3n) is 5.04. The predicted octanol–water partition coefficient (Wildman–Crippen LogP) is 2.92. The van der Waals surface area contributed by atoms with E-state index in [1.54, 1.807) is 12.1 Å². The molecule has 1 fully saturated rings. The largest absolute Gasteiger partial charge is 0.508 e. The lowest BCUT2D eigenvalue weighted by Gasteiger charge is -2.45. The van der Waals surface area contributed by atoms with Crippen molar-refractivity contribution in [2.45, 2.75) is 57.5 Å². The van der Waals surface area contributed by atoms with Crippen molar-refractivity contribution in [3.63, 3.8) is 0 Å². The second kappa shape index (κ2) is 6.59. The van der Waals surface area contributed by atoms with Gasteiger partial charge >= 0.3 is 0 Å². The Labute approximate surface area is 122 Å². The van der Waals surface area contributed by atoms with Crippen molar-refractivity contribution < 1.29 is 5.11 Å². The Balaban J connectivity index is 2.13. The molecule has 0 amide bonds. The van der Waals surface area contributed by atoms with Gasteiger partial charge in [0.15, 0.2) is 0 Å². The molecule has 0 aliphatic carbocycles. The molecule has 1 heterocycles. The Morgan fingerprint density at radius 3 is 2.20 bits per heavy atom. The van der Waals surface area contributed by atoms with E-state index in [0.717, 1.165) is 19.3 Å². The summed E-state index contributed by atoms with van der Waals surface area (Å²) in [6.45, 7) is 6.90. The summed E-state index contributed by atoms with van der Waals surface area (Å²) in [6.07, 6.45) is 5.67. The zero-order valence-electron chi connectivity index (χ0n) is 12.8. The van der Waals surface area contributed by atoms with Crippen molar-refractivity contribution in [2.24, 2.45) is 5.73 Å². The number of likely N-dealkylation sites (tertiary alicyclic amines) is 1. The van der Waals surface area contributed by atoms with Crippen molar-refractivity contribution in [3.8, 4) is 5.75 Å². The number of rotatable bonds is 6. The van der Waals surface area contributed by atoms with E-state index in [9.17, 15) is 5.11 Å². The summed E-state index contributed by atoms with van der Waals surface area (Å²) < 4.78 is 0. The Morgan fingerprint density at radius 1 is 1.15 bits per heavy atom. The zero-order chi connectivity index (χ0) is 14.6. The van der Waals surface area contributed by atoms with Crippen molar-refractivity contribution in [2.75, 3.05) is 13.1 Å². The minimum Gasteiger partial charge on any atom is -0.508 e. The van der Waals surface area contributed by atoms with Gasteiger partial charge in [0, 0.05) is 11.6 Å². The molecule has 1 aliphatic rings. The minimum absolute atomic E-state index is 0.119. The summed E-state index contributed by atoms with van der Waals surface area (Å²) in [5.74, 6) is 0.319. The lowest BCUT2D eigenvalue weighted by molar-refractivity contribution is 0.0768. The maximum absolute atomic E-state index is 9.38. The van der Waals surface area contributed by atoms with Crippen LogP contribution in [-0.2, 0) is 6.42 Å². The topological polar surface area (TPSA) is 49.5 Å². The quantitative estimate of drug-likeness (QED) is 0.840. The van der Waals surface area contributed by atoms with Crippen LogP contribution in [0.5, 0.6) is 5.75 Å². The molecule has 2 rings (SSSR count). The highest BCUT2D eigenvalue weighted by molar-refractivity contribution is 5.27. The molecule has 3 nitrogen and oxygen atoms in total. The molecule has 112 valence electrons. The number of nitrogens with two attached hydrogens (primary N) is 1. The Bertz CT molecular complexity index is 406. The van der Waals surface area contributed by atoms with Gasteiger partial charge in [-0.25, -0.2) is 0 Å². The molecular weight excluding hydrogens is 248 g/mol. The molecule has 0 radical (unpaired) electrons. The van der Waals surface area contributed by atoms with Crippen LogP contribution in [0.25, 0.3) is 0 Å². The molecule has 3 N–H and O–H groups in total. The van der Waals surface area contributed by atoms with Gasteiger partial charge in [-0.05, 0) is 62.9 Å². The second-order valence-electron chi connectivity index (χ2n) is 5.98. The maximum Gasteiger partial charge on any atom is 0.115 e. The normalized spacial score (nSPS) is 18.4. The van der Waals surface area contributed by atoms with E-state index in [-0.39, 0.29) is 11.6 Å². The molecule has 3 heteroatoms. The van der Waals surface area contributed by atoms with Gasteiger partial charge in [0.2, 0.25) is 0 Å². The molecule has 20 heavy (non-hydrogen) atoms. The van der Waals surface area contributed by atoms with Gasteiger partial charge in [-0.15, -0.1) is 0 Å². The lowest BCUT2D eigenvalue weighted by Crippen LogP contribution is -2.59. The third kappa shape index (κ3) is 2.99. The standard InChI is InChI=1S/C17H28N2O/c1-3-17(4-2,19-11-5-6-12-19)16(18)13-14-7-9-15(20)10-8-14/h7-10,16,20H,3-6,11-13,18H2,1-2H3. The molecule has 0 saturated carbocycles. The first kappa shape index (κ1) is 15.3. The Hall–Kier alpha value is -1.06. The van der Waals surface area contributed by atoms with E-state index < -0.39 is 0 Å². The van der Waals surface area contributed by atoms with Gasteiger partial charge < -0.3 is 10.8 Å². The second-order valence-corrected chi connectivity index (χ2v) is 5.98. The summed E-state index contributed by atoms with van der Waals surface area (Å²) in [5, 5.41) is 9.38. The molecule has 1 unspecified atom stereocenters. The Morgan fingerprint density at radius 2 is 1.70 bits per heavy atom. The van der Waals surface area contributed by atoms with Gasteiger partial charge in [0.25, 0.3) is 0 Å². The van der Waals surface area contributed by atoms with Gasteiger partial charge in [0.1, 0.15) is 5.75 Å². The lowest BCUT2D eigenvalue weighted by atomic mass is 9.80. The molecule has 0 aromatic heterocycles. The molecule has 0 spiro atoms. The molecule has 1 aromatic carbocycles. The van der Waals surface area contributed by atoms with Crippen molar-refractivity contribution in [3.05, 3.63) is 29.8 Å². The highest BCUT2D eigenvalue weighted by Gasteiger charge is 2.40. The van der Waals surface area contributed by atoms with Crippen LogP contribution >= 0.6 is 0 Å². The predicted molar refractivity (Wildman–Crippen MR) is 83.9 cm³/mol. The van der Waals surface area contributed by atoms with E-state index in [1.165, 1.54) is 31.5 Å². The summed E-state index contributed by atoms with van der Waals surface area (Å²) in [4.78, 5) is 2.61. The maximum atomic E-state index is 9.38. The van der Waals surface area contributed by atoms with Crippen LogP contribution in [0.3, 0.4) is 0 Å². The molecule has 0 bridgehead atoms. The number of hydrogen-bond donors (Lipinski definition) is 2. The average Bonchev–Trinajstić information content (AvgIpc) is 2.98. The van der Waals surface area contributed by atoms with Crippen LogP contribution in [0.4, 0.5) is 0 Å². The monoisotopic (exact) mass is 276 g/mol. The highest BCUT2D eigenvalue weighted by atomic mass is 16.3. The first-order valence-electron chi connectivity index (χ1n) is 7.91. The fourth-order valence-corrected chi connectivity index (χ4v) is 3.69. The fraction of sp³-hybridized carbons (Fsp3) is 0.647. The summed E-state index contributed by atoms with van der Waals surface area (Å²) in [6, 6.07) is 7.60. The Kier molecular flexibility index (Phi) is 5.06. The fourth-order valence-electron chi connectivity index (χ4n) is 3.69. The van der Waals surface area contributed by atoms with Crippen LogP contribution in [0, 0.1) is 0 Å². The molecular formula is C17H28N2O. The zero-order valence-corrected chi connectivity index (χ0v) is 12.8. The van der Waals surface area contributed by atoms with Gasteiger partial charge in [-0.2, -0.15) is 0 Å². The molecule has 1 aliphatic heterocycles.